The van der Waals surface area contributed by atoms with Gasteiger partial charge in [0, 0.05) is 16.8 Å². The van der Waals surface area contributed by atoms with Crippen molar-refractivity contribution in [1.82, 2.24) is 4.98 Å². The highest BCUT2D eigenvalue weighted by molar-refractivity contribution is 7.98. The van der Waals surface area contributed by atoms with Crippen LogP contribution in [0, 0.1) is 11.3 Å². The number of hydrogen-bond donors (Lipinski definition) is 1. The zero-order valence-corrected chi connectivity index (χ0v) is 14.2. The maximum atomic E-state index is 12.5. The van der Waals surface area contributed by atoms with Crippen molar-refractivity contribution in [2.75, 3.05) is 5.32 Å². The van der Waals surface area contributed by atoms with Crippen LogP contribution >= 0.6 is 11.8 Å². The molecule has 1 amide bonds. The first-order chi connectivity index (χ1) is 12.3. The molecule has 0 saturated carbocycles. The summed E-state index contributed by atoms with van der Waals surface area (Å²) in [4.78, 5) is 17.5. The number of hydrogen-bond acceptors (Lipinski definition) is 4. The van der Waals surface area contributed by atoms with E-state index in [1.54, 1.807) is 48.4 Å². The average molecular weight is 345 g/mol. The Morgan fingerprint density at radius 2 is 1.88 bits per heavy atom. The van der Waals surface area contributed by atoms with Crippen molar-refractivity contribution < 1.29 is 4.79 Å². The number of carbonyl (C=O) groups excluding carboxylic acids is 1. The summed E-state index contributed by atoms with van der Waals surface area (Å²) in [6, 6.07) is 20.7. The summed E-state index contributed by atoms with van der Waals surface area (Å²) in [7, 11) is 0. The third-order valence-electron chi connectivity index (χ3n) is 3.53. The van der Waals surface area contributed by atoms with Gasteiger partial charge in [-0.15, -0.1) is 11.8 Å². The van der Waals surface area contributed by atoms with E-state index in [0.717, 1.165) is 16.2 Å². The summed E-state index contributed by atoms with van der Waals surface area (Å²) in [6.07, 6.45) is 3.28. The summed E-state index contributed by atoms with van der Waals surface area (Å²) in [6.45, 7) is 0. The molecule has 0 aliphatic rings. The molecule has 0 aliphatic heterocycles. The molecule has 1 heterocycles. The predicted octanol–water partition coefficient (Wildman–Crippen LogP) is 4.50. The monoisotopic (exact) mass is 345 g/mol. The fourth-order valence-corrected chi connectivity index (χ4v) is 3.26. The molecule has 4 nitrogen and oxygen atoms in total. The quantitative estimate of drug-likeness (QED) is 0.692. The number of carbonyl (C=O) groups is 1. The molecular formula is C20H15N3OS. The smallest absolute Gasteiger partial charge is 0.256 e. The van der Waals surface area contributed by atoms with Gasteiger partial charge < -0.3 is 5.32 Å². The zero-order valence-electron chi connectivity index (χ0n) is 13.3. The van der Waals surface area contributed by atoms with Crippen LogP contribution in [-0.4, -0.2) is 10.9 Å². The van der Waals surface area contributed by atoms with Gasteiger partial charge in [-0.25, -0.2) is 0 Å². The van der Waals surface area contributed by atoms with E-state index in [9.17, 15) is 4.79 Å². The van der Waals surface area contributed by atoms with Crippen LogP contribution in [0.2, 0.25) is 0 Å². The van der Waals surface area contributed by atoms with E-state index in [0.29, 0.717) is 16.8 Å². The minimum Gasteiger partial charge on any atom is -0.321 e. The second-order valence-corrected chi connectivity index (χ2v) is 6.31. The Morgan fingerprint density at radius 1 is 1.08 bits per heavy atom. The lowest BCUT2D eigenvalue weighted by Gasteiger charge is -2.10. The Morgan fingerprint density at radius 3 is 2.60 bits per heavy atom. The van der Waals surface area contributed by atoms with Gasteiger partial charge in [-0.05, 0) is 42.0 Å². The molecule has 0 spiro atoms. The molecule has 3 rings (SSSR count). The van der Waals surface area contributed by atoms with Crippen LogP contribution in [0.15, 0.2) is 78.0 Å². The minimum atomic E-state index is -0.157. The standard InChI is InChI=1S/C20H15N3OS/c21-12-15-7-9-16(10-8-15)14-25-19-6-2-1-5-18(19)20(24)23-17-4-3-11-22-13-17/h1-11,13H,14H2,(H,23,24). The molecule has 0 radical (unpaired) electrons. The molecule has 0 saturated heterocycles. The molecule has 5 heteroatoms. The molecule has 0 unspecified atom stereocenters. The Hall–Kier alpha value is -3.10. The third kappa shape index (κ3) is 4.46. The normalized spacial score (nSPS) is 10.0. The lowest BCUT2D eigenvalue weighted by Crippen LogP contribution is -2.13. The number of amides is 1. The molecule has 3 aromatic rings. The van der Waals surface area contributed by atoms with E-state index in [2.05, 4.69) is 16.4 Å². The lowest BCUT2D eigenvalue weighted by molar-refractivity contribution is 0.102. The van der Waals surface area contributed by atoms with Gasteiger partial charge in [0.2, 0.25) is 0 Å². The van der Waals surface area contributed by atoms with E-state index < -0.39 is 0 Å². The SMILES string of the molecule is N#Cc1ccc(CSc2ccccc2C(=O)Nc2cccnc2)cc1. The number of nitrogens with one attached hydrogen (secondary N) is 1. The van der Waals surface area contributed by atoms with Gasteiger partial charge in [-0.3, -0.25) is 9.78 Å². The maximum Gasteiger partial charge on any atom is 0.256 e. The Kier molecular flexibility index (Phi) is 5.45. The number of thioether (sulfide) groups is 1. The van der Waals surface area contributed by atoms with Crippen molar-refractivity contribution in [2.24, 2.45) is 0 Å². The maximum absolute atomic E-state index is 12.5. The van der Waals surface area contributed by atoms with Crippen LogP contribution in [-0.2, 0) is 5.75 Å². The summed E-state index contributed by atoms with van der Waals surface area (Å²) in [5.41, 5.74) is 3.04. The van der Waals surface area contributed by atoms with E-state index in [1.165, 1.54) is 0 Å². The summed E-state index contributed by atoms with van der Waals surface area (Å²) < 4.78 is 0. The molecule has 122 valence electrons. The second-order valence-electron chi connectivity index (χ2n) is 5.29. The second kappa shape index (κ2) is 8.13. The molecular weight excluding hydrogens is 330 g/mol. The first-order valence-electron chi connectivity index (χ1n) is 7.68. The van der Waals surface area contributed by atoms with Gasteiger partial charge in [-0.1, -0.05) is 24.3 Å². The predicted molar refractivity (Wildman–Crippen MR) is 99.4 cm³/mol. The molecule has 1 aromatic heterocycles. The van der Waals surface area contributed by atoms with Gasteiger partial charge >= 0.3 is 0 Å². The van der Waals surface area contributed by atoms with Gasteiger partial charge in [-0.2, -0.15) is 5.26 Å². The van der Waals surface area contributed by atoms with Crippen LogP contribution < -0.4 is 5.32 Å². The van der Waals surface area contributed by atoms with E-state index in [4.69, 9.17) is 5.26 Å². The zero-order chi connectivity index (χ0) is 17.5. The molecule has 0 aliphatic carbocycles. The largest absolute Gasteiger partial charge is 0.321 e. The number of nitrogens with zero attached hydrogens (tertiary/aromatic N) is 2. The van der Waals surface area contributed by atoms with Gasteiger partial charge in [0.25, 0.3) is 5.91 Å². The fraction of sp³-hybridized carbons (Fsp3) is 0.0500. The number of rotatable bonds is 5. The summed E-state index contributed by atoms with van der Waals surface area (Å²) in [5, 5.41) is 11.7. The first kappa shape index (κ1) is 16.7. The van der Waals surface area contributed by atoms with Crippen LogP contribution in [0.4, 0.5) is 5.69 Å². The highest BCUT2D eigenvalue weighted by atomic mass is 32.2. The summed E-state index contributed by atoms with van der Waals surface area (Å²) >= 11 is 1.59. The molecule has 0 fully saturated rings. The minimum absolute atomic E-state index is 0.157. The number of nitriles is 1. The van der Waals surface area contributed by atoms with Crippen LogP contribution in [0.5, 0.6) is 0 Å². The molecule has 0 bridgehead atoms. The summed E-state index contributed by atoms with van der Waals surface area (Å²) in [5.74, 6) is 0.569. The van der Waals surface area contributed by atoms with Crippen LogP contribution in [0.25, 0.3) is 0 Å². The van der Waals surface area contributed by atoms with Gasteiger partial charge in [0.05, 0.1) is 29.1 Å². The van der Waals surface area contributed by atoms with Crippen molar-refractivity contribution >= 4 is 23.4 Å². The fourth-order valence-electron chi connectivity index (χ4n) is 2.25. The van der Waals surface area contributed by atoms with Crippen molar-refractivity contribution in [1.29, 1.82) is 5.26 Å². The highest BCUT2D eigenvalue weighted by Gasteiger charge is 2.12. The highest BCUT2D eigenvalue weighted by Crippen LogP contribution is 2.27. The Labute approximate surface area is 150 Å². The number of anilines is 1. The molecule has 1 N–H and O–H groups in total. The Balaban J connectivity index is 1.72. The number of benzene rings is 2. The van der Waals surface area contributed by atoms with E-state index in [-0.39, 0.29) is 5.91 Å². The average Bonchev–Trinajstić information content (AvgIpc) is 2.68. The van der Waals surface area contributed by atoms with E-state index in [1.807, 2.05) is 36.4 Å². The number of pyridine rings is 1. The van der Waals surface area contributed by atoms with Gasteiger partial charge in [0.15, 0.2) is 0 Å². The van der Waals surface area contributed by atoms with Crippen LogP contribution in [0.1, 0.15) is 21.5 Å². The van der Waals surface area contributed by atoms with Crippen molar-refractivity contribution in [3.63, 3.8) is 0 Å². The molecule has 0 atom stereocenters. The van der Waals surface area contributed by atoms with Crippen LogP contribution in [0.3, 0.4) is 0 Å². The molecule has 25 heavy (non-hydrogen) atoms. The third-order valence-corrected chi connectivity index (χ3v) is 4.67. The van der Waals surface area contributed by atoms with Crippen molar-refractivity contribution in [3.8, 4) is 6.07 Å². The Bertz CT molecular complexity index is 902. The first-order valence-corrected chi connectivity index (χ1v) is 8.67. The topological polar surface area (TPSA) is 65.8 Å². The van der Waals surface area contributed by atoms with Gasteiger partial charge in [0.1, 0.15) is 0 Å². The molecule has 2 aromatic carbocycles. The lowest BCUT2D eigenvalue weighted by atomic mass is 10.2. The van der Waals surface area contributed by atoms with Crippen molar-refractivity contribution in [2.45, 2.75) is 10.6 Å². The number of aromatic nitrogens is 1. The van der Waals surface area contributed by atoms with Crippen molar-refractivity contribution in [3.05, 3.63) is 89.7 Å². The van der Waals surface area contributed by atoms with E-state index >= 15 is 0 Å².